The third kappa shape index (κ3) is 4.93. The van der Waals surface area contributed by atoms with Crippen molar-refractivity contribution in [2.75, 3.05) is 25.5 Å². The van der Waals surface area contributed by atoms with Crippen LogP contribution in [0.2, 0.25) is 0 Å². The van der Waals surface area contributed by atoms with Crippen LogP contribution in [0, 0.1) is 5.92 Å². The van der Waals surface area contributed by atoms with Crippen LogP contribution in [-0.4, -0.2) is 47.4 Å². The van der Waals surface area contributed by atoms with Crippen LogP contribution in [0.4, 0.5) is 0 Å². The molecule has 0 saturated heterocycles. The number of ether oxygens (including phenoxy) is 1. The average molecular weight is 303 g/mol. The van der Waals surface area contributed by atoms with Crippen LogP contribution in [0.3, 0.4) is 0 Å². The first-order chi connectivity index (χ1) is 9.60. The van der Waals surface area contributed by atoms with Crippen molar-refractivity contribution >= 4 is 17.7 Å². The molecule has 0 aromatic rings. The van der Waals surface area contributed by atoms with Crippen molar-refractivity contribution in [2.24, 2.45) is 5.92 Å². The highest BCUT2D eigenvalue weighted by Crippen LogP contribution is 2.43. The number of rotatable bonds is 11. The standard InChI is InChI=1S/C15H29NO3S/c1-4-9-16-15(13-6-7-13,14(18)19-5-2)11-20-12(3)8-10-17/h12-13,16-17H,4-11H2,1-3H3. The number of hydrogen-bond donors (Lipinski definition) is 2. The fraction of sp³-hybridized carbons (Fsp3) is 0.933. The molecule has 1 aliphatic carbocycles. The molecule has 2 N–H and O–H groups in total. The summed E-state index contributed by atoms with van der Waals surface area (Å²) < 4.78 is 5.33. The van der Waals surface area contributed by atoms with Crippen LogP contribution in [0.5, 0.6) is 0 Å². The molecule has 5 heteroatoms. The minimum atomic E-state index is -0.527. The highest BCUT2D eigenvalue weighted by Gasteiger charge is 2.51. The maximum absolute atomic E-state index is 12.5. The Morgan fingerprint density at radius 1 is 1.50 bits per heavy atom. The predicted molar refractivity (Wildman–Crippen MR) is 84.0 cm³/mol. The first-order valence-electron chi connectivity index (χ1n) is 7.75. The molecule has 0 spiro atoms. The lowest BCUT2D eigenvalue weighted by Crippen LogP contribution is -2.57. The summed E-state index contributed by atoms with van der Waals surface area (Å²) in [5.74, 6) is 1.04. The minimum Gasteiger partial charge on any atom is -0.465 e. The molecule has 0 radical (unpaired) electrons. The molecule has 1 rings (SSSR count). The van der Waals surface area contributed by atoms with Crippen LogP contribution in [-0.2, 0) is 9.53 Å². The topological polar surface area (TPSA) is 58.6 Å². The summed E-state index contributed by atoms with van der Waals surface area (Å²) in [7, 11) is 0. The van der Waals surface area contributed by atoms with Gasteiger partial charge in [-0.2, -0.15) is 11.8 Å². The Hall–Kier alpha value is -0.260. The summed E-state index contributed by atoms with van der Waals surface area (Å²) in [5, 5.41) is 12.8. The second kappa shape index (κ2) is 8.90. The van der Waals surface area contributed by atoms with E-state index in [-0.39, 0.29) is 12.6 Å². The maximum atomic E-state index is 12.5. The second-order valence-corrected chi connectivity index (χ2v) is 6.95. The first-order valence-corrected chi connectivity index (χ1v) is 8.80. The summed E-state index contributed by atoms with van der Waals surface area (Å²) in [6.45, 7) is 7.53. The van der Waals surface area contributed by atoms with Gasteiger partial charge in [0.25, 0.3) is 0 Å². The molecule has 0 bridgehead atoms. The molecule has 0 heterocycles. The van der Waals surface area contributed by atoms with Gasteiger partial charge in [0.2, 0.25) is 0 Å². The summed E-state index contributed by atoms with van der Waals surface area (Å²) in [5.41, 5.74) is -0.527. The molecule has 0 aromatic carbocycles. The minimum absolute atomic E-state index is 0.0975. The first kappa shape index (κ1) is 17.8. The number of carbonyl (C=O) groups excluding carboxylic acids is 1. The van der Waals surface area contributed by atoms with E-state index < -0.39 is 5.54 Å². The molecule has 0 amide bonds. The summed E-state index contributed by atoms with van der Waals surface area (Å²) >= 11 is 1.76. The van der Waals surface area contributed by atoms with E-state index in [1.165, 1.54) is 0 Å². The Kier molecular flexibility index (Phi) is 7.92. The lowest BCUT2D eigenvalue weighted by Gasteiger charge is -2.33. The quantitative estimate of drug-likeness (QED) is 0.573. The van der Waals surface area contributed by atoms with Crippen LogP contribution >= 0.6 is 11.8 Å². The van der Waals surface area contributed by atoms with E-state index in [0.717, 1.165) is 38.0 Å². The van der Waals surface area contributed by atoms with Crippen molar-refractivity contribution in [1.29, 1.82) is 0 Å². The van der Waals surface area contributed by atoms with E-state index in [0.29, 0.717) is 17.8 Å². The zero-order valence-electron chi connectivity index (χ0n) is 13.0. The Labute approximate surface area is 127 Å². The number of aliphatic hydroxyl groups excluding tert-OH is 1. The van der Waals surface area contributed by atoms with Gasteiger partial charge in [-0.3, -0.25) is 4.79 Å². The molecule has 2 atom stereocenters. The second-order valence-electron chi connectivity index (χ2n) is 5.53. The zero-order chi connectivity index (χ0) is 15.0. The van der Waals surface area contributed by atoms with Crippen molar-refractivity contribution in [3.05, 3.63) is 0 Å². The number of thioether (sulfide) groups is 1. The molecular formula is C15H29NO3S. The van der Waals surface area contributed by atoms with Crippen molar-refractivity contribution in [1.82, 2.24) is 5.32 Å². The Morgan fingerprint density at radius 2 is 2.20 bits per heavy atom. The molecule has 1 fully saturated rings. The Balaban J connectivity index is 2.71. The molecule has 1 aliphatic rings. The SMILES string of the molecule is CCCNC(CSC(C)CCO)(C(=O)OCC)C1CC1. The monoisotopic (exact) mass is 303 g/mol. The van der Waals surface area contributed by atoms with Crippen LogP contribution in [0.25, 0.3) is 0 Å². The molecule has 118 valence electrons. The smallest absolute Gasteiger partial charge is 0.327 e. The zero-order valence-corrected chi connectivity index (χ0v) is 13.8. The van der Waals surface area contributed by atoms with E-state index in [2.05, 4.69) is 19.2 Å². The number of hydrogen-bond acceptors (Lipinski definition) is 5. The normalized spacial score (nSPS) is 19.4. The van der Waals surface area contributed by atoms with Crippen molar-refractivity contribution in [2.45, 2.75) is 57.2 Å². The maximum Gasteiger partial charge on any atom is 0.327 e. The highest BCUT2D eigenvalue weighted by molar-refractivity contribution is 8.00. The number of nitrogens with one attached hydrogen (secondary N) is 1. The molecule has 0 aromatic heterocycles. The molecule has 0 aliphatic heterocycles. The lowest BCUT2D eigenvalue weighted by molar-refractivity contribution is -0.151. The van der Waals surface area contributed by atoms with Crippen LogP contribution in [0.15, 0.2) is 0 Å². The average Bonchev–Trinajstić information content (AvgIpc) is 3.25. The number of esters is 1. The molecule has 20 heavy (non-hydrogen) atoms. The van der Waals surface area contributed by atoms with Gasteiger partial charge in [-0.1, -0.05) is 13.8 Å². The van der Waals surface area contributed by atoms with Crippen LogP contribution in [0.1, 0.15) is 46.5 Å². The van der Waals surface area contributed by atoms with Gasteiger partial charge in [0.15, 0.2) is 0 Å². The van der Waals surface area contributed by atoms with Gasteiger partial charge in [0, 0.05) is 17.6 Å². The third-order valence-corrected chi connectivity index (χ3v) is 5.16. The van der Waals surface area contributed by atoms with Crippen molar-refractivity contribution in [3.8, 4) is 0 Å². The van der Waals surface area contributed by atoms with Gasteiger partial charge in [0.05, 0.1) is 6.61 Å². The number of carbonyl (C=O) groups is 1. The van der Waals surface area contributed by atoms with Crippen molar-refractivity contribution in [3.63, 3.8) is 0 Å². The van der Waals surface area contributed by atoms with Gasteiger partial charge in [-0.15, -0.1) is 0 Å². The molecule has 1 saturated carbocycles. The van der Waals surface area contributed by atoms with Gasteiger partial charge < -0.3 is 15.2 Å². The summed E-state index contributed by atoms with van der Waals surface area (Å²) in [6.07, 6.45) is 3.97. The largest absolute Gasteiger partial charge is 0.465 e. The lowest BCUT2D eigenvalue weighted by atomic mass is 9.95. The molecule has 4 nitrogen and oxygen atoms in total. The van der Waals surface area contributed by atoms with E-state index in [1.807, 2.05) is 6.92 Å². The van der Waals surface area contributed by atoms with Gasteiger partial charge in [-0.25, -0.2) is 0 Å². The fourth-order valence-electron chi connectivity index (χ4n) is 2.33. The highest BCUT2D eigenvalue weighted by atomic mass is 32.2. The van der Waals surface area contributed by atoms with E-state index in [9.17, 15) is 4.79 Å². The van der Waals surface area contributed by atoms with Gasteiger partial charge >= 0.3 is 5.97 Å². The van der Waals surface area contributed by atoms with Crippen LogP contribution < -0.4 is 5.32 Å². The van der Waals surface area contributed by atoms with Gasteiger partial charge in [0.1, 0.15) is 5.54 Å². The summed E-state index contributed by atoms with van der Waals surface area (Å²) in [6, 6.07) is 0. The van der Waals surface area contributed by atoms with Gasteiger partial charge in [-0.05, 0) is 45.1 Å². The third-order valence-electron chi connectivity index (χ3n) is 3.74. The fourth-order valence-corrected chi connectivity index (χ4v) is 3.61. The molecule has 2 unspecified atom stereocenters. The number of aliphatic hydroxyl groups is 1. The van der Waals surface area contributed by atoms with Crippen molar-refractivity contribution < 1.29 is 14.6 Å². The Bertz CT molecular complexity index is 297. The Morgan fingerprint density at radius 3 is 2.70 bits per heavy atom. The predicted octanol–water partition coefficient (Wildman–Crippen LogP) is 2.20. The summed E-state index contributed by atoms with van der Waals surface area (Å²) in [4.78, 5) is 12.5. The van der Waals surface area contributed by atoms with E-state index in [1.54, 1.807) is 11.8 Å². The molecular weight excluding hydrogens is 274 g/mol. The van der Waals surface area contributed by atoms with E-state index >= 15 is 0 Å². The van der Waals surface area contributed by atoms with E-state index in [4.69, 9.17) is 9.84 Å².